The molecule has 0 aromatic rings. The van der Waals surface area contributed by atoms with Crippen molar-refractivity contribution in [3.8, 4) is 0 Å². The van der Waals surface area contributed by atoms with Crippen molar-refractivity contribution in [2.45, 2.75) is 65.2 Å². The molecule has 3 saturated carbocycles. The molecule has 5 heteroatoms. The van der Waals surface area contributed by atoms with Crippen LogP contribution >= 0.6 is 0 Å². The van der Waals surface area contributed by atoms with E-state index in [0.29, 0.717) is 24.2 Å². The van der Waals surface area contributed by atoms with Crippen LogP contribution in [0, 0.1) is 34.5 Å². The Morgan fingerprint density at radius 2 is 1.93 bits per heavy atom. The van der Waals surface area contributed by atoms with Gasteiger partial charge in [-0.15, -0.1) is 0 Å². The third-order valence-corrected chi connectivity index (χ3v) is 8.78. The maximum atomic E-state index is 12.8. The Hall–Kier alpha value is -1.49. The van der Waals surface area contributed by atoms with Gasteiger partial charge in [0.1, 0.15) is 6.61 Å². The van der Waals surface area contributed by atoms with Crippen LogP contribution < -0.4 is 0 Å². The van der Waals surface area contributed by atoms with E-state index in [4.69, 9.17) is 4.74 Å². The third-order valence-electron chi connectivity index (χ3n) is 8.78. The van der Waals surface area contributed by atoms with E-state index in [0.717, 1.165) is 44.9 Å². The van der Waals surface area contributed by atoms with Gasteiger partial charge in [-0.25, -0.2) is 0 Å². The first-order valence-corrected chi connectivity index (χ1v) is 10.8. The van der Waals surface area contributed by atoms with Gasteiger partial charge in [-0.05, 0) is 74.2 Å². The highest BCUT2D eigenvalue weighted by molar-refractivity contribution is 5.91. The van der Waals surface area contributed by atoms with Gasteiger partial charge in [0.15, 0.2) is 11.6 Å². The van der Waals surface area contributed by atoms with Crippen molar-refractivity contribution in [3.05, 3.63) is 11.6 Å². The van der Waals surface area contributed by atoms with Gasteiger partial charge in [0, 0.05) is 31.3 Å². The number of ether oxygens (including phenoxy) is 1. The molecule has 0 radical (unpaired) electrons. The van der Waals surface area contributed by atoms with E-state index in [-0.39, 0.29) is 41.5 Å². The van der Waals surface area contributed by atoms with Crippen LogP contribution in [0.4, 0.5) is 0 Å². The average molecular weight is 389 g/mol. The number of esters is 1. The molecule has 3 fully saturated rings. The molecule has 0 aromatic carbocycles. The first-order valence-electron chi connectivity index (χ1n) is 10.8. The molecular weight excluding hydrogens is 356 g/mol. The Morgan fingerprint density at radius 1 is 1.14 bits per heavy atom. The number of Topliss-reactive ketones (excluding diaryl/α,β-unsaturated/α-hetero) is 1. The van der Waals surface area contributed by atoms with Crippen LogP contribution in [-0.4, -0.2) is 35.9 Å². The fourth-order valence-corrected chi connectivity index (χ4v) is 7.43. The van der Waals surface area contributed by atoms with E-state index in [9.17, 15) is 19.5 Å². The Bertz CT molecular complexity index is 725. The summed E-state index contributed by atoms with van der Waals surface area (Å²) >= 11 is 0. The van der Waals surface area contributed by atoms with Gasteiger partial charge < -0.3 is 9.84 Å². The van der Waals surface area contributed by atoms with Crippen LogP contribution in [0.3, 0.4) is 0 Å². The maximum absolute atomic E-state index is 12.8. The largest absolute Gasteiger partial charge is 0.458 e. The molecule has 6 atom stereocenters. The van der Waals surface area contributed by atoms with Crippen LogP contribution in [0.25, 0.3) is 0 Å². The Morgan fingerprint density at radius 3 is 2.64 bits per heavy atom. The zero-order valence-corrected chi connectivity index (χ0v) is 17.0. The lowest BCUT2D eigenvalue weighted by Crippen LogP contribution is -2.53. The zero-order chi connectivity index (χ0) is 20.1. The van der Waals surface area contributed by atoms with Gasteiger partial charge in [-0.2, -0.15) is 0 Å². The van der Waals surface area contributed by atoms with Crippen LogP contribution in [0.15, 0.2) is 11.6 Å². The summed E-state index contributed by atoms with van der Waals surface area (Å²) in [6, 6.07) is 0. The topological polar surface area (TPSA) is 80.7 Å². The van der Waals surface area contributed by atoms with Crippen molar-refractivity contribution in [1.82, 2.24) is 0 Å². The van der Waals surface area contributed by atoms with Crippen molar-refractivity contribution in [1.29, 1.82) is 0 Å². The van der Waals surface area contributed by atoms with Crippen LogP contribution in [-0.2, 0) is 19.1 Å². The normalized spacial score (nSPS) is 42.1. The second-order valence-electron chi connectivity index (χ2n) is 9.78. The number of hydrogen-bond acceptors (Lipinski definition) is 5. The quantitative estimate of drug-likeness (QED) is 0.748. The number of aliphatic hydroxyl groups excluding tert-OH is 1. The second kappa shape index (κ2) is 7.08. The van der Waals surface area contributed by atoms with Gasteiger partial charge in [0.05, 0.1) is 0 Å². The lowest BCUT2D eigenvalue weighted by atomic mass is 9.46. The van der Waals surface area contributed by atoms with Crippen molar-refractivity contribution in [2.24, 2.45) is 34.5 Å². The first kappa shape index (κ1) is 19.8. The summed E-state index contributed by atoms with van der Waals surface area (Å²) in [6.45, 7) is 3.53. The molecule has 4 aliphatic rings. The summed E-state index contributed by atoms with van der Waals surface area (Å²) in [4.78, 5) is 35.9. The molecule has 5 nitrogen and oxygen atoms in total. The number of rotatable bonds is 4. The first-order chi connectivity index (χ1) is 13.3. The van der Waals surface area contributed by atoms with Crippen LogP contribution in [0.1, 0.15) is 65.2 Å². The second-order valence-corrected chi connectivity index (χ2v) is 9.78. The molecule has 4 aliphatic carbocycles. The minimum atomic E-state index is -0.434. The predicted molar refractivity (Wildman–Crippen MR) is 103 cm³/mol. The van der Waals surface area contributed by atoms with Crippen molar-refractivity contribution >= 4 is 17.5 Å². The molecule has 0 unspecified atom stereocenters. The predicted octanol–water partition coefficient (Wildman–Crippen LogP) is 3.24. The van der Waals surface area contributed by atoms with E-state index < -0.39 is 5.97 Å². The Balaban J connectivity index is 1.59. The molecule has 0 heterocycles. The minimum absolute atomic E-state index is 0.0314. The standard InChI is InChI=1S/C23H32O5/c1-14(25)28-12-21(27)20-6-5-19-17-4-3-15-11-16(26)7-9-22(15,2)18(17)8-10-23(19,20)13-24/h11,17-20,24H,3-10,12-13H2,1-2H3/t17-,18+,19+,20-,22+,23-/m1/s1. The highest BCUT2D eigenvalue weighted by Crippen LogP contribution is 2.66. The molecule has 0 bridgehead atoms. The molecular formula is C23H32O5. The molecule has 154 valence electrons. The van der Waals surface area contributed by atoms with Crippen LogP contribution in [0.5, 0.6) is 0 Å². The lowest BCUT2D eigenvalue weighted by Gasteiger charge is -2.58. The SMILES string of the molecule is CC(=O)OCC(=O)[C@H]1CC[C@H]2[C@@H]3CCC4=CC(=O)CC[C@]4(C)[C@H]3CC[C@]12CO. The van der Waals surface area contributed by atoms with E-state index in [2.05, 4.69) is 6.92 Å². The Labute approximate surface area is 166 Å². The van der Waals surface area contributed by atoms with Crippen molar-refractivity contribution in [2.75, 3.05) is 13.2 Å². The molecule has 1 N–H and O–H groups in total. The van der Waals surface area contributed by atoms with Crippen molar-refractivity contribution in [3.63, 3.8) is 0 Å². The van der Waals surface area contributed by atoms with Gasteiger partial charge in [0.25, 0.3) is 0 Å². The Kier molecular flexibility index (Phi) is 5.01. The smallest absolute Gasteiger partial charge is 0.303 e. The molecule has 0 amide bonds. The van der Waals surface area contributed by atoms with Gasteiger partial charge in [-0.1, -0.05) is 12.5 Å². The third kappa shape index (κ3) is 2.89. The number of allylic oxidation sites excluding steroid dienone is 1. The highest BCUT2D eigenvalue weighted by Gasteiger charge is 2.61. The fraction of sp³-hybridized carbons (Fsp3) is 0.783. The number of ketones is 2. The zero-order valence-electron chi connectivity index (χ0n) is 17.0. The number of carbonyl (C=O) groups excluding carboxylic acids is 3. The summed E-state index contributed by atoms with van der Waals surface area (Å²) in [7, 11) is 0. The van der Waals surface area contributed by atoms with Crippen molar-refractivity contribution < 1.29 is 24.2 Å². The molecule has 28 heavy (non-hydrogen) atoms. The van der Waals surface area contributed by atoms with E-state index >= 15 is 0 Å². The minimum Gasteiger partial charge on any atom is -0.458 e. The summed E-state index contributed by atoms with van der Waals surface area (Å²) in [5.41, 5.74) is 1.07. The van der Waals surface area contributed by atoms with Crippen LogP contribution in [0.2, 0.25) is 0 Å². The summed E-state index contributed by atoms with van der Waals surface area (Å²) in [6.07, 6.45) is 9.11. The summed E-state index contributed by atoms with van der Waals surface area (Å²) < 4.78 is 4.98. The fourth-order valence-electron chi connectivity index (χ4n) is 7.43. The van der Waals surface area contributed by atoms with E-state index in [1.165, 1.54) is 12.5 Å². The summed E-state index contributed by atoms with van der Waals surface area (Å²) in [5, 5.41) is 10.5. The monoisotopic (exact) mass is 388 g/mol. The molecule has 0 aromatic heterocycles. The van der Waals surface area contributed by atoms with Gasteiger partial charge in [0.2, 0.25) is 0 Å². The van der Waals surface area contributed by atoms with E-state index in [1.54, 1.807) is 0 Å². The number of carbonyl (C=O) groups is 3. The average Bonchev–Trinajstić information content (AvgIpc) is 3.07. The van der Waals surface area contributed by atoms with E-state index in [1.807, 2.05) is 6.08 Å². The molecule has 0 spiro atoms. The summed E-state index contributed by atoms with van der Waals surface area (Å²) in [5.74, 6) is 0.977. The molecule has 0 aliphatic heterocycles. The van der Waals surface area contributed by atoms with Gasteiger partial charge in [-0.3, -0.25) is 14.4 Å². The maximum Gasteiger partial charge on any atom is 0.303 e. The number of fused-ring (bicyclic) bond motifs is 5. The lowest BCUT2D eigenvalue weighted by molar-refractivity contribution is -0.151. The number of aliphatic hydroxyl groups is 1. The molecule has 4 rings (SSSR count). The number of hydrogen-bond donors (Lipinski definition) is 1. The molecule has 0 saturated heterocycles. The highest BCUT2D eigenvalue weighted by atomic mass is 16.5. The van der Waals surface area contributed by atoms with Gasteiger partial charge >= 0.3 is 5.97 Å².